The van der Waals surface area contributed by atoms with E-state index in [1.807, 2.05) is 19.1 Å². The van der Waals surface area contributed by atoms with Crippen LogP contribution < -0.4 is 4.90 Å². The molecule has 100 valence electrons. The molecule has 19 heavy (non-hydrogen) atoms. The molecule has 0 saturated heterocycles. The lowest BCUT2D eigenvalue weighted by molar-refractivity contribution is 0.280. The molecule has 2 aromatic heterocycles. The van der Waals surface area contributed by atoms with Crippen LogP contribution in [0.5, 0.6) is 0 Å². The zero-order valence-electron chi connectivity index (χ0n) is 11.0. The summed E-state index contributed by atoms with van der Waals surface area (Å²) in [6.07, 6.45) is 2.52. The van der Waals surface area contributed by atoms with Gasteiger partial charge in [0.15, 0.2) is 0 Å². The number of hydrogen-bond acceptors (Lipinski definition) is 4. The summed E-state index contributed by atoms with van der Waals surface area (Å²) in [4.78, 5) is 8.42. The van der Waals surface area contributed by atoms with Crippen LogP contribution in [0.2, 0.25) is 0 Å². The maximum atomic E-state index is 9.22. The van der Waals surface area contributed by atoms with Gasteiger partial charge in [-0.1, -0.05) is 12.1 Å². The summed E-state index contributed by atoms with van der Waals surface area (Å²) in [5, 5.41) is 11.3. The minimum atomic E-state index is 0.0630. The predicted octanol–water partition coefficient (Wildman–Crippen LogP) is 3.11. The Kier molecular flexibility index (Phi) is 3.53. The molecule has 1 N–H and O–H groups in total. The van der Waals surface area contributed by atoms with E-state index in [0.717, 1.165) is 23.6 Å². The first-order chi connectivity index (χ1) is 9.28. The molecule has 0 radical (unpaired) electrons. The van der Waals surface area contributed by atoms with Gasteiger partial charge in [0.25, 0.3) is 0 Å². The van der Waals surface area contributed by atoms with Gasteiger partial charge in [0, 0.05) is 16.6 Å². The molecule has 2 heterocycles. The first-order valence-corrected chi connectivity index (χ1v) is 7.52. The Morgan fingerprint density at radius 3 is 2.79 bits per heavy atom. The molecule has 0 unspecified atom stereocenters. The third kappa shape index (κ3) is 2.80. The molecule has 0 amide bonds. The normalized spacial score (nSPS) is 14.6. The standard InChI is InChI=1S/C15H18N2OS/c1-11-12(10-18)4-7-15(16-11)17(13-5-6-13)9-14-3-2-8-19-14/h2-4,7-8,13,18H,5-6,9-10H2,1H3. The number of aryl methyl sites for hydroxylation is 1. The van der Waals surface area contributed by atoms with Crippen molar-refractivity contribution in [2.45, 2.75) is 39.0 Å². The number of thiophene rings is 1. The van der Waals surface area contributed by atoms with Gasteiger partial charge in [0.2, 0.25) is 0 Å². The van der Waals surface area contributed by atoms with E-state index in [9.17, 15) is 5.11 Å². The first-order valence-electron chi connectivity index (χ1n) is 6.64. The van der Waals surface area contributed by atoms with Crippen LogP contribution >= 0.6 is 11.3 Å². The summed E-state index contributed by atoms with van der Waals surface area (Å²) < 4.78 is 0. The zero-order valence-corrected chi connectivity index (χ0v) is 11.9. The van der Waals surface area contributed by atoms with Gasteiger partial charge in [-0.15, -0.1) is 11.3 Å². The molecule has 3 rings (SSSR count). The minimum absolute atomic E-state index is 0.0630. The van der Waals surface area contributed by atoms with E-state index >= 15 is 0 Å². The molecule has 1 saturated carbocycles. The lowest BCUT2D eigenvalue weighted by atomic mass is 10.2. The summed E-state index contributed by atoms with van der Waals surface area (Å²) in [5.74, 6) is 1.03. The van der Waals surface area contributed by atoms with Crippen molar-refractivity contribution >= 4 is 17.2 Å². The van der Waals surface area contributed by atoms with Gasteiger partial charge in [-0.05, 0) is 42.8 Å². The fraction of sp³-hybridized carbons (Fsp3) is 0.400. The lowest BCUT2D eigenvalue weighted by Crippen LogP contribution is -2.25. The summed E-state index contributed by atoms with van der Waals surface area (Å²) in [7, 11) is 0. The Labute approximate surface area is 117 Å². The summed E-state index contributed by atoms with van der Waals surface area (Å²) >= 11 is 1.79. The quantitative estimate of drug-likeness (QED) is 0.910. The van der Waals surface area contributed by atoms with Crippen molar-refractivity contribution in [2.75, 3.05) is 4.90 Å². The number of pyridine rings is 1. The second-order valence-corrected chi connectivity index (χ2v) is 6.04. The molecular weight excluding hydrogens is 256 g/mol. The third-order valence-electron chi connectivity index (χ3n) is 3.54. The van der Waals surface area contributed by atoms with E-state index in [1.54, 1.807) is 11.3 Å². The van der Waals surface area contributed by atoms with Gasteiger partial charge in [-0.25, -0.2) is 4.98 Å². The number of nitrogens with zero attached hydrogens (tertiary/aromatic N) is 2. The second kappa shape index (κ2) is 5.31. The van der Waals surface area contributed by atoms with Crippen molar-refractivity contribution in [1.29, 1.82) is 0 Å². The monoisotopic (exact) mass is 274 g/mol. The average molecular weight is 274 g/mol. The fourth-order valence-corrected chi connectivity index (χ4v) is 2.96. The number of aliphatic hydroxyl groups excluding tert-OH is 1. The SMILES string of the molecule is Cc1nc(N(Cc2cccs2)C2CC2)ccc1CO. The maximum absolute atomic E-state index is 9.22. The number of aliphatic hydroxyl groups is 1. The van der Waals surface area contributed by atoms with Crippen LogP contribution in [0.3, 0.4) is 0 Å². The van der Waals surface area contributed by atoms with E-state index in [2.05, 4.69) is 27.4 Å². The molecule has 0 spiro atoms. The smallest absolute Gasteiger partial charge is 0.129 e. The fourth-order valence-electron chi connectivity index (χ4n) is 2.26. The van der Waals surface area contributed by atoms with Gasteiger partial charge in [-0.3, -0.25) is 0 Å². The number of aromatic nitrogens is 1. The number of anilines is 1. The van der Waals surface area contributed by atoms with Crippen LogP contribution in [0.25, 0.3) is 0 Å². The summed E-state index contributed by atoms with van der Waals surface area (Å²) in [5.41, 5.74) is 1.84. The Hall–Kier alpha value is -1.39. The first kappa shape index (κ1) is 12.6. The van der Waals surface area contributed by atoms with Crippen LogP contribution in [0, 0.1) is 6.92 Å². The minimum Gasteiger partial charge on any atom is -0.392 e. The molecule has 2 aromatic rings. The van der Waals surface area contributed by atoms with Crippen molar-refractivity contribution in [3.8, 4) is 0 Å². The number of rotatable bonds is 5. The van der Waals surface area contributed by atoms with Gasteiger partial charge in [0.1, 0.15) is 5.82 Å². The summed E-state index contributed by atoms with van der Waals surface area (Å²) in [6.45, 7) is 2.96. The van der Waals surface area contributed by atoms with Crippen LogP contribution in [0.1, 0.15) is 29.0 Å². The van der Waals surface area contributed by atoms with Crippen molar-refractivity contribution in [2.24, 2.45) is 0 Å². The third-order valence-corrected chi connectivity index (χ3v) is 4.40. The zero-order chi connectivity index (χ0) is 13.2. The lowest BCUT2D eigenvalue weighted by Gasteiger charge is -2.23. The Morgan fingerprint density at radius 1 is 1.37 bits per heavy atom. The maximum Gasteiger partial charge on any atom is 0.129 e. The Bertz CT molecular complexity index is 549. The molecule has 0 bridgehead atoms. The molecular formula is C15H18N2OS. The van der Waals surface area contributed by atoms with Crippen LogP contribution in [0.15, 0.2) is 29.6 Å². The van der Waals surface area contributed by atoms with Crippen LogP contribution in [0.4, 0.5) is 5.82 Å². The van der Waals surface area contributed by atoms with Gasteiger partial charge < -0.3 is 10.0 Å². The van der Waals surface area contributed by atoms with Crippen LogP contribution in [-0.4, -0.2) is 16.1 Å². The highest BCUT2D eigenvalue weighted by Crippen LogP contribution is 2.33. The summed E-state index contributed by atoms with van der Waals surface area (Å²) in [6, 6.07) is 8.92. The van der Waals surface area contributed by atoms with E-state index in [0.29, 0.717) is 6.04 Å². The predicted molar refractivity (Wildman–Crippen MR) is 78.4 cm³/mol. The Morgan fingerprint density at radius 2 is 2.21 bits per heavy atom. The molecule has 0 aliphatic heterocycles. The second-order valence-electron chi connectivity index (χ2n) is 5.01. The molecule has 0 aromatic carbocycles. The number of hydrogen-bond donors (Lipinski definition) is 1. The van der Waals surface area contributed by atoms with Crippen molar-refractivity contribution in [3.63, 3.8) is 0 Å². The highest BCUT2D eigenvalue weighted by atomic mass is 32.1. The van der Waals surface area contributed by atoms with E-state index in [1.165, 1.54) is 17.7 Å². The van der Waals surface area contributed by atoms with Gasteiger partial charge in [0.05, 0.1) is 13.2 Å². The van der Waals surface area contributed by atoms with Gasteiger partial charge in [-0.2, -0.15) is 0 Å². The topological polar surface area (TPSA) is 36.4 Å². The van der Waals surface area contributed by atoms with Gasteiger partial charge >= 0.3 is 0 Å². The van der Waals surface area contributed by atoms with E-state index in [-0.39, 0.29) is 6.61 Å². The van der Waals surface area contributed by atoms with Crippen molar-refractivity contribution in [1.82, 2.24) is 4.98 Å². The molecule has 1 aliphatic rings. The van der Waals surface area contributed by atoms with Crippen LogP contribution in [-0.2, 0) is 13.2 Å². The molecule has 1 aliphatic carbocycles. The van der Waals surface area contributed by atoms with Crippen molar-refractivity contribution in [3.05, 3.63) is 45.8 Å². The van der Waals surface area contributed by atoms with Crippen molar-refractivity contribution < 1.29 is 5.11 Å². The van der Waals surface area contributed by atoms with E-state index < -0.39 is 0 Å². The molecule has 1 fully saturated rings. The highest BCUT2D eigenvalue weighted by molar-refractivity contribution is 7.09. The molecule has 3 nitrogen and oxygen atoms in total. The largest absolute Gasteiger partial charge is 0.392 e. The van der Waals surface area contributed by atoms with E-state index in [4.69, 9.17) is 0 Å². The molecule has 0 atom stereocenters. The Balaban J connectivity index is 1.85. The highest BCUT2D eigenvalue weighted by Gasteiger charge is 2.30. The average Bonchev–Trinajstić information content (AvgIpc) is 3.13. The molecule has 4 heteroatoms.